The number of benzene rings is 2. The molecule has 0 radical (unpaired) electrons. The van der Waals surface area contributed by atoms with Crippen molar-refractivity contribution < 1.29 is 9.53 Å². The lowest BCUT2D eigenvalue weighted by Gasteiger charge is -2.12. The number of carbonyl (C=O) groups excluding carboxylic acids is 1. The fraction of sp³-hybridized carbons (Fsp3) is 0.333. The van der Waals surface area contributed by atoms with Crippen molar-refractivity contribution in [3.63, 3.8) is 0 Å². The minimum absolute atomic E-state index is 0. The maximum absolute atomic E-state index is 12.0. The van der Waals surface area contributed by atoms with E-state index in [1.807, 2.05) is 50.2 Å². The topological polar surface area (TPSA) is 74.8 Å². The van der Waals surface area contributed by atoms with Crippen molar-refractivity contribution in [3.05, 3.63) is 59.7 Å². The van der Waals surface area contributed by atoms with Gasteiger partial charge >= 0.3 is 0 Å². The van der Waals surface area contributed by atoms with Crippen LogP contribution in [0.25, 0.3) is 0 Å². The van der Waals surface area contributed by atoms with Crippen molar-refractivity contribution >= 4 is 41.5 Å². The number of guanidine groups is 1. The van der Waals surface area contributed by atoms with Gasteiger partial charge in [-0.05, 0) is 49.6 Å². The normalized spacial score (nSPS) is 10.6. The number of amides is 1. The Bertz CT molecular complexity index is 766. The van der Waals surface area contributed by atoms with Crippen molar-refractivity contribution in [2.75, 3.05) is 32.1 Å². The van der Waals surface area contributed by atoms with Gasteiger partial charge in [0.2, 0.25) is 5.91 Å². The van der Waals surface area contributed by atoms with Crippen LogP contribution in [0.4, 0.5) is 5.69 Å². The molecule has 6 nitrogen and oxygen atoms in total. The standard InChI is InChI=1S/C21H28N4O2.HI/c1-4-22-21(24-15-20(26)25-18-8-6-5-7-9-18)23-13-12-17-11-10-16(2)19(14-17)27-3;/h5-11,14H,4,12-13,15H2,1-3H3,(H,25,26)(H2,22,23,24);1H. The van der Waals surface area contributed by atoms with Crippen LogP contribution in [-0.2, 0) is 11.2 Å². The summed E-state index contributed by atoms with van der Waals surface area (Å²) in [5, 5.41) is 9.24. The number of para-hydroxylation sites is 1. The molecule has 0 heterocycles. The number of carbonyl (C=O) groups is 1. The van der Waals surface area contributed by atoms with E-state index in [0.717, 1.165) is 30.0 Å². The van der Waals surface area contributed by atoms with Crippen molar-refractivity contribution in [2.45, 2.75) is 20.3 Å². The summed E-state index contributed by atoms with van der Waals surface area (Å²) in [6.45, 7) is 5.51. The lowest BCUT2D eigenvalue weighted by Crippen LogP contribution is -2.39. The molecule has 0 aliphatic carbocycles. The molecule has 0 unspecified atom stereocenters. The summed E-state index contributed by atoms with van der Waals surface area (Å²) >= 11 is 0. The van der Waals surface area contributed by atoms with Crippen molar-refractivity contribution in [1.29, 1.82) is 0 Å². The van der Waals surface area contributed by atoms with Gasteiger partial charge in [-0.25, -0.2) is 4.99 Å². The van der Waals surface area contributed by atoms with Crippen molar-refractivity contribution in [3.8, 4) is 5.75 Å². The molecule has 7 heteroatoms. The number of rotatable bonds is 8. The first kappa shape index (κ1) is 23.7. The largest absolute Gasteiger partial charge is 0.496 e. The molecule has 0 fully saturated rings. The van der Waals surface area contributed by atoms with Crippen LogP contribution < -0.4 is 20.7 Å². The molecular weight excluding hydrogens is 467 g/mol. The summed E-state index contributed by atoms with van der Waals surface area (Å²) in [7, 11) is 1.68. The average Bonchev–Trinajstić information content (AvgIpc) is 2.68. The van der Waals surface area contributed by atoms with E-state index in [1.165, 1.54) is 5.56 Å². The highest BCUT2D eigenvalue weighted by atomic mass is 127. The first-order valence-electron chi connectivity index (χ1n) is 9.13. The predicted octanol–water partition coefficient (Wildman–Crippen LogP) is 3.36. The molecular formula is C21H29IN4O2. The Labute approximate surface area is 184 Å². The Morgan fingerprint density at radius 1 is 1.11 bits per heavy atom. The lowest BCUT2D eigenvalue weighted by molar-refractivity contribution is -0.114. The van der Waals surface area contributed by atoms with Crippen LogP contribution in [0.15, 0.2) is 53.5 Å². The van der Waals surface area contributed by atoms with E-state index in [2.05, 4.69) is 33.1 Å². The molecule has 2 aromatic carbocycles. The summed E-state index contributed by atoms with van der Waals surface area (Å²) in [6.07, 6.45) is 0.831. The third-order valence-corrected chi connectivity index (χ3v) is 3.96. The number of aryl methyl sites for hydroxylation is 1. The minimum atomic E-state index is -0.151. The first-order valence-corrected chi connectivity index (χ1v) is 9.13. The van der Waals surface area contributed by atoms with Gasteiger partial charge in [0.05, 0.1) is 7.11 Å². The number of nitrogens with zero attached hydrogens (tertiary/aromatic N) is 1. The third-order valence-electron chi connectivity index (χ3n) is 3.96. The van der Waals surface area contributed by atoms with Gasteiger partial charge in [0, 0.05) is 18.8 Å². The minimum Gasteiger partial charge on any atom is -0.496 e. The highest BCUT2D eigenvalue weighted by molar-refractivity contribution is 14.0. The van der Waals surface area contributed by atoms with Gasteiger partial charge in [-0.1, -0.05) is 30.3 Å². The van der Waals surface area contributed by atoms with Crippen LogP contribution >= 0.6 is 24.0 Å². The van der Waals surface area contributed by atoms with Gasteiger partial charge in [-0.3, -0.25) is 4.79 Å². The zero-order valence-corrected chi connectivity index (χ0v) is 18.9. The van der Waals surface area contributed by atoms with Crippen LogP contribution in [0, 0.1) is 6.92 Å². The monoisotopic (exact) mass is 496 g/mol. The average molecular weight is 496 g/mol. The van der Waals surface area contributed by atoms with Crippen molar-refractivity contribution in [2.24, 2.45) is 4.99 Å². The molecule has 28 heavy (non-hydrogen) atoms. The number of hydrogen-bond donors (Lipinski definition) is 3. The molecule has 3 N–H and O–H groups in total. The van der Waals surface area contributed by atoms with Crippen LogP contribution in [0.3, 0.4) is 0 Å². The number of halogens is 1. The summed E-state index contributed by atoms with van der Waals surface area (Å²) < 4.78 is 5.36. The fourth-order valence-corrected chi connectivity index (χ4v) is 2.56. The quantitative estimate of drug-likeness (QED) is 0.298. The van der Waals surface area contributed by atoms with Crippen LogP contribution in [-0.4, -0.2) is 38.6 Å². The summed E-state index contributed by atoms with van der Waals surface area (Å²) in [5.41, 5.74) is 3.07. The number of aliphatic imine (C=N–C) groups is 1. The molecule has 0 aliphatic heterocycles. The summed E-state index contributed by atoms with van der Waals surface area (Å²) in [6, 6.07) is 15.6. The Hall–Kier alpha value is -2.29. The molecule has 0 saturated carbocycles. The Morgan fingerprint density at radius 2 is 1.86 bits per heavy atom. The predicted molar refractivity (Wildman–Crippen MR) is 126 cm³/mol. The van der Waals surface area contributed by atoms with Gasteiger partial charge < -0.3 is 20.7 Å². The summed E-state index contributed by atoms with van der Waals surface area (Å²) in [5.74, 6) is 1.37. The number of anilines is 1. The van der Waals surface area contributed by atoms with Gasteiger partial charge in [-0.15, -0.1) is 24.0 Å². The molecule has 0 aliphatic rings. The Morgan fingerprint density at radius 3 is 2.54 bits per heavy atom. The lowest BCUT2D eigenvalue weighted by atomic mass is 10.1. The molecule has 0 saturated heterocycles. The number of methoxy groups -OCH3 is 1. The zero-order valence-electron chi connectivity index (χ0n) is 16.6. The molecule has 1 amide bonds. The zero-order chi connectivity index (χ0) is 19.5. The molecule has 2 rings (SSSR count). The summed E-state index contributed by atoms with van der Waals surface area (Å²) in [4.78, 5) is 16.4. The van der Waals surface area contributed by atoms with Crippen LogP contribution in [0.2, 0.25) is 0 Å². The van der Waals surface area contributed by atoms with E-state index >= 15 is 0 Å². The van der Waals surface area contributed by atoms with E-state index in [0.29, 0.717) is 12.5 Å². The smallest absolute Gasteiger partial charge is 0.246 e. The molecule has 0 spiro atoms. The number of ether oxygens (including phenoxy) is 1. The highest BCUT2D eigenvalue weighted by Gasteiger charge is 2.04. The highest BCUT2D eigenvalue weighted by Crippen LogP contribution is 2.18. The van der Waals surface area contributed by atoms with E-state index in [-0.39, 0.29) is 36.4 Å². The van der Waals surface area contributed by atoms with E-state index in [4.69, 9.17) is 4.74 Å². The van der Waals surface area contributed by atoms with E-state index in [1.54, 1.807) is 7.11 Å². The second-order valence-electron chi connectivity index (χ2n) is 6.09. The molecule has 0 bridgehead atoms. The van der Waals surface area contributed by atoms with Gasteiger partial charge in [-0.2, -0.15) is 0 Å². The third kappa shape index (κ3) is 8.16. The Balaban J connectivity index is 0.00000392. The molecule has 2 aromatic rings. The van der Waals surface area contributed by atoms with Crippen molar-refractivity contribution in [1.82, 2.24) is 10.6 Å². The number of hydrogen-bond acceptors (Lipinski definition) is 3. The maximum Gasteiger partial charge on any atom is 0.246 e. The van der Waals surface area contributed by atoms with E-state index in [9.17, 15) is 4.79 Å². The maximum atomic E-state index is 12.0. The molecule has 0 atom stereocenters. The SMILES string of the molecule is CCNC(=NCC(=O)Nc1ccccc1)NCCc1ccc(C)c(OC)c1.I. The molecule has 0 aromatic heterocycles. The van der Waals surface area contributed by atoms with Gasteiger partial charge in [0.1, 0.15) is 12.3 Å². The number of nitrogens with one attached hydrogen (secondary N) is 3. The molecule has 152 valence electrons. The van der Waals surface area contributed by atoms with Gasteiger partial charge in [0.15, 0.2) is 5.96 Å². The first-order chi connectivity index (χ1) is 13.1. The van der Waals surface area contributed by atoms with Crippen LogP contribution in [0.5, 0.6) is 5.75 Å². The second-order valence-corrected chi connectivity index (χ2v) is 6.09. The second kappa shape index (κ2) is 13.0. The Kier molecular flexibility index (Phi) is 11.0. The van der Waals surface area contributed by atoms with Gasteiger partial charge in [0.25, 0.3) is 0 Å². The fourth-order valence-electron chi connectivity index (χ4n) is 2.56. The van der Waals surface area contributed by atoms with Crippen LogP contribution in [0.1, 0.15) is 18.1 Å². The van der Waals surface area contributed by atoms with E-state index < -0.39 is 0 Å².